The van der Waals surface area contributed by atoms with Crippen molar-refractivity contribution in [2.75, 3.05) is 11.6 Å². The van der Waals surface area contributed by atoms with Crippen molar-refractivity contribution in [1.82, 2.24) is 4.98 Å². The van der Waals surface area contributed by atoms with Gasteiger partial charge in [-0.3, -0.25) is 19.3 Å². The van der Waals surface area contributed by atoms with Gasteiger partial charge in [0.15, 0.2) is 5.75 Å². The minimum atomic E-state index is -2.39. The van der Waals surface area contributed by atoms with Gasteiger partial charge in [0.1, 0.15) is 0 Å². The van der Waals surface area contributed by atoms with Crippen LogP contribution in [0.1, 0.15) is 0 Å². The van der Waals surface area contributed by atoms with Crippen LogP contribution in [0, 0.1) is 10.1 Å². The molecule has 0 aliphatic rings. The molecule has 0 bridgehead atoms. The molecule has 1 aromatic heterocycles. The van der Waals surface area contributed by atoms with Crippen LogP contribution in [0.3, 0.4) is 0 Å². The third-order valence-corrected chi connectivity index (χ3v) is 4.91. The Balaban J connectivity index is 2.10. The second-order valence-electron chi connectivity index (χ2n) is 5.63. The van der Waals surface area contributed by atoms with E-state index >= 15 is 0 Å². The Labute approximate surface area is 144 Å². The van der Waals surface area contributed by atoms with Crippen LogP contribution >= 0.6 is 0 Å². The van der Waals surface area contributed by atoms with E-state index in [2.05, 4.69) is 16.2 Å². The van der Waals surface area contributed by atoms with Gasteiger partial charge in [-0.1, -0.05) is 0 Å². The van der Waals surface area contributed by atoms with Crippen LogP contribution in [0.4, 0.5) is 17.1 Å². The standard InChI is InChI=1S/C17H15N3O4S/c1-25(2,24)12-4-5-14-13(10-12)15(7-8-18-14)19-11-3-6-17(21)16(9-11)20(22)23/h3-10,21H,1H2,2H3,(H,18,19). The summed E-state index contributed by atoms with van der Waals surface area (Å²) in [5.74, 6) is 3.28. The highest BCUT2D eigenvalue weighted by atomic mass is 32.2. The Hall–Kier alpha value is -3.13. The Kier molecular flexibility index (Phi) is 4.05. The lowest BCUT2D eigenvalue weighted by molar-refractivity contribution is -0.385. The number of hydrogen-bond acceptors (Lipinski definition) is 6. The SMILES string of the molecule is C=S(C)(=O)c1ccc2nccc(Nc3ccc(O)c([N+](=O)[O-])c3)c2c1. The molecule has 1 atom stereocenters. The van der Waals surface area contributed by atoms with E-state index in [0.29, 0.717) is 27.2 Å². The van der Waals surface area contributed by atoms with Crippen LogP contribution in [0.2, 0.25) is 0 Å². The lowest BCUT2D eigenvalue weighted by atomic mass is 10.1. The number of pyridine rings is 1. The Morgan fingerprint density at radius 3 is 2.68 bits per heavy atom. The summed E-state index contributed by atoms with van der Waals surface area (Å²) in [5, 5.41) is 24.3. The molecule has 0 spiro atoms. The molecular weight excluding hydrogens is 342 g/mol. The molecule has 3 aromatic rings. The van der Waals surface area contributed by atoms with Gasteiger partial charge in [0.2, 0.25) is 0 Å². The van der Waals surface area contributed by atoms with Crippen molar-refractivity contribution < 1.29 is 14.2 Å². The van der Waals surface area contributed by atoms with Crippen LogP contribution in [0.25, 0.3) is 10.9 Å². The number of hydrogen-bond donors (Lipinski definition) is 2. The number of rotatable bonds is 4. The number of aromatic nitrogens is 1. The molecule has 7 nitrogen and oxygen atoms in total. The summed E-state index contributed by atoms with van der Waals surface area (Å²) < 4.78 is 12.2. The molecule has 0 aliphatic heterocycles. The molecule has 1 unspecified atom stereocenters. The van der Waals surface area contributed by atoms with E-state index in [1.54, 1.807) is 36.7 Å². The first-order valence-electron chi connectivity index (χ1n) is 7.21. The molecule has 0 amide bonds. The molecule has 0 saturated heterocycles. The van der Waals surface area contributed by atoms with E-state index in [1.165, 1.54) is 18.2 Å². The first-order valence-corrected chi connectivity index (χ1v) is 9.35. The van der Waals surface area contributed by atoms with Gasteiger partial charge in [-0.2, -0.15) is 0 Å². The number of nitrogens with zero attached hydrogens (tertiary/aromatic N) is 2. The number of fused-ring (bicyclic) bond motifs is 1. The van der Waals surface area contributed by atoms with Gasteiger partial charge >= 0.3 is 5.69 Å². The summed E-state index contributed by atoms with van der Waals surface area (Å²) in [6.07, 6.45) is 3.16. The molecule has 0 aliphatic carbocycles. The Morgan fingerprint density at radius 2 is 2.00 bits per heavy atom. The summed E-state index contributed by atoms with van der Waals surface area (Å²) in [6, 6.07) is 11.0. The zero-order valence-electron chi connectivity index (χ0n) is 13.3. The number of phenolic OH excluding ortho intramolecular Hbond substituents is 1. The monoisotopic (exact) mass is 357 g/mol. The van der Waals surface area contributed by atoms with Crippen LogP contribution in [-0.4, -0.2) is 31.3 Å². The van der Waals surface area contributed by atoms with Crippen molar-refractivity contribution in [3.8, 4) is 5.75 Å². The highest BCUT2D eigenvalue weighted by molar-refractivity contribution is 7.99. The van der Waals surface area contributed by atoms with Gasteiger partial charge in [0.05, 0.1) is 10.4 Å². The molecule has 128 valence electrons. The van der Waals surface area contributed by atoms with Crippen molar-refractivity contribution in [3.05, 3.63) is 58.8 Å². The van der Waals surface area contributed by atoms with E-state index in [-0.39, 0.29) is 0 Å². The van der Waals surface area contributed by atoms with Gasteiger partial charge in [0, 0.05) is 40.2 Å². The summed E-state index contributed by atoms with van der Waals surface area (Å²) in [7, 11) is -2.39. The summed E-state index contributed by atoms with van der Waals surface area (Å²) in [5.41, 5.74) is 1.38. The molecule has 25 heavy (non-hydrogen) atoms. The maximum atomic E-state index is 12.2. The molecule has 8 heteroatoms. The first-order chi connectivity index (χ1) is 11.8. The molecular formula is C17H15N3O4S. The van der Waals surface area contributed by atoms with E-state index in [1.807, 2.05) is 0 Å². The van der Waals surface area contributed by atoms with Gasteiger partial charge in [0.25, 0.3) is 0 Å². The van der Waals surface area contributed by atoms with E-state index in [4.69, 9.17) is 0 Å². The summed E-state index contributed by atoms with van der Waals surface area (Å²) >= 11 is 0. The second kappa shape index (κ2) is 6.06. The Bertz CT molecular complexity index is 1090. The number of benzene rings is 2. The molecule has 0 saturated carbocycles. The van der Waals surface area contributed by atoms with Gasteiger partial charge in [-0.05, 0) is 51.8 Å². The summed E-state index contributed by atoms with van der Waals surface area (Å²) in [6.45, 7) is 0. The zero-order valence-corrected chi connectivity index (χ0v) is 14.1. The van der Waals surface area contributed by atoms with Gasteiger partial charge < -0.3 is 10.4 Å². The largest absolute Gasteiger partial charge is 0.502 e. The van der Waals surface area contributed by atoms with Crippen molar-refractivity contribution >= 4 is 43.4 Å². The lowest BCUT2D eigenvalue weighted by Gasteiger charge is -2.11. The fraction of sp³-hybridized carbons (Fsp3) is 0.0588. The maximum absolute atomic E-state index is 12.2. The van der Waals surface area contributed by atoms with Gasteiger partial charge in [-0.25, -0.2) is 0 Å². The number of anilines is 2. The maximum Gasteiger partial charge on any atom is 0.312 e. The third kappa shape index (κ3) is 3.38. The predicted molar refractivity (Wildman–Crippen MR) is 99.2 cm³/mol. The summed E-state index contributed by atoms with van der Waals surface area (Å²) in [4.78, 5) is 15.2. The van der Waals surface area contributed by atoms with Gasteiger partial charge in [-0.15, -0.1) is 0 Å². The van der Waals surface area contributed by atoms with Crippen LogP contribution in [0.5, 0.6) is 5.75 Å². The third-order valence-electron chi connectivity index (χ3n) is 3.66. The fourth-order valence-corrected chi connectivity index (χ4v) is 3.13. The highest BCUT2D eigenvalue weighted by Crippen LogP contribution is 2.32. The fourth-order valence-electron chi connectivity index (χ4n) is 2.41. The predicted octanol–water partition coefficient (Wildman–Crippen LogP) is 3.30. The van der Waals surface area contributed by atoms with Crippen LogP contribution in [0.15, 0.2) is 53.6 Å². The quantitative estimate of drug-likeness (QED) is 0.321. The number of nitrogens with one attached hydrogen (secondary N) is 1. The zero-order chi connectivity index (χ0) is 18.2. The Morgan fingerprint density at radius 1 is 1.24 bits per heavy atom. The molecule has 2 N–H and O–H groups in total. The van der Waals surface area contributed by atoms with Crippen molar-refractivity contribution in [2.24, 2.45) is 0 Å². The smallest absolute Gasteiger partial charge is 0.312 e. The van der Waals surface area contributed by atoms with Crippen LogP contribution in [-0.2, 0) is 9.52 Å². The number of aromatic hydroxyl groups is 1. The van der Waals surface area contributed by atoms with Crippen molar-refractivity contribution in [3.63, 3.8) is 0 Å². The number of nitro benzene ring substituents is 1. The topological polar surface area (TPSA) is 105 Å². The average molecular weight is 357 g/mol. The molecule has 3 rings (SSSR count). The number of phenols is 1. The average Bonchev–Trinajstić information content (AvgIpc) is 2.55. The first kappa shape index (κ1) is 16.7. The minimum Gasteiger partial charge on any atom is -0.502 e. The number of nitro groups is 1. The molecule has 0 radical (unpaired) electrons. The van der Waals surface area contributed by atoms with Crippen LogP contribution < -0.4 is 5.32 Å². The van der Waals surface area contributed by atoms with E-state index < -0.39 is 25.9 Å². The van der Waals surface area contributed by atoms with E-state index in [9.17, 15) is 19.4 Å². The van der Waals surface area contributed by atoms with Crippen molar-refractivity contribution in [1.29, 1.82) is 0 Å². The molecule has 2 aromatic carbocycles. The van der Waals surface area contributed by atoms with Crippen molar-refractivity contribution in [2.45, 2.75) is 4.90 Å². The normalized spacial score (nSPS) is 13.3. The molecule has 0 fully saturated rings. The second-order valence-corrected chi connectivity index (χ2v) is 8.11. The minimum absolute atomic E-state index is 0.390. The van der Waals surface area contributed by atoms with E-state index in [0.717, 1.165) is 0 Å². The molecule has 1 heterocycles. The highest BCUT2D eigenvalue weighted by Gasteiger charge is 2.14. The lowest BCUT2D eigenvalue weighted by Crippen LogP contribution is -1.98.